The SMILES string of the molecule is CCNCc1cncc(-c2ccc3[nH]nc(-c4cc5c(-c6ccsc6)nccc5[nH]4)c3n2)c1. The van der Waals surface area contributed by atoms with E-state index in [1.807, 2.05) is 36.8 Å². The molecular weight excluding hydrogens is 430 g/mol. The lowest BCUT2D eigenvalue weighted by Crippen LogP contribution is -2.11. The Labute approximate surface area is 194 Å². The molecule has 0 spiro atoms. The zero-order valence-electron chi connectivity index (χ0n) is 18.0. The van der Waals surface area contributed by atoms with Crippen LogP contribution in [0.3, 0.4) is 0 Å². The Morgan fingerprint density at radius 2 is 1.97 bits per heavy atom. The van der Waals surface area contributed by atoms with Crippen LogP contribution >= 0.6 is 11.3 Å². The molecule has 0 aliphatic carbocycles. The number of aromatic nitrogens is 6. The van der Waals surface area contributed by atoms with Gasteiger partial charge in [0.1, 0.15) is 11.2 Å². The van der Waals surface area contributed by atoms with Gasteiger partial charge in [-0.15, -0.1) is 0 Å². The maximum absolute atomic E-state index is 4.96. The quantitative estimate of drug-likeness (QED) is 0.315. The van der Waals surface area contributed by atoms with Crippen LogP contribution in [0.5, 0.6) is 0 Å². The van der Waals surface area contributed by atoms with Crippen LogP contribution in [0.2, 0.25) is 0 Å². The molecule has 6 aromatic heterocycles. The van der Waals surface area contributed by atoms with Crippen LogP contribution < -0.4 is 5.32 Å². The number of nitrogens with one attached hydrogen (secondary N) is 3. The Kier molecular flexibility index (Phi) is 4.93. The van der Waals surface area contributed by atoms with Gasteiger partial charge in [-0.3, -0.25) is 15.1 Å². The number of hydrogen-bond acceptors (Lipinski definition) is 6. The molecule has 8 heteroatoms. The van der Waals surface area contributed by atoms with Crippen LogP contribution in [0.25, 0.3) is 55.8 Å². The molecule has 0 bridgehead atoms. The number of fused-ring (bicyclic) bond motifs is 2. The van der Waals surface area contributed by atoms with Gasteiger partial charge in [0.15, 0.2) is 0 Å². The van der Waals surface area contributed by atoms with E-state index in [9.17, 15) is 0 Å². The van der Waals surface area contributed by atoms with E-state index in [0.717, 1.165) is 74.5 Å². The smallest absolute Gasteiger partial charge is 0.135 e. The molecule has 0 amide bonds. The molecule has 0 aromatic carbocycles. The van der Waals surface area contributed by atoms with Crippen molar-refractivity contribution in [3.63, 3.8) is 0 Å². The highest BCUT2D eigenvalue weighted by Gasteiger charge is 2.16. The second-order valence-electron chi connectivity index (χ2n) is 7.84. The van der Waals surface area contributed by atoms with E-state index >= 15 is 0 Å². The summed E-state index contributed by atoms with van der Waals surface area (Å²) in [5.74, 6) is 0. The molecule has 0 saturated carbocycles. The van der Waals surface area contributed by atoms with Crippen LogP contribution in [0.15, 0.2) is 65.7 Å². The van der Waals surface area contributed by atoms with Crippen molar-refractivity contribution < 1.29 is 0 Å². The summed E-state index contributed by atoms with van der Waals surface area (Å²) in [4.78, 5) is 17.5. The molecule has 6 rings (SSSR count). The van der Waals surface area contributed by atoms with Gasteiger partial charge in [0.2, 0.25) is 0 Å². The minimum atomic E-state index is 0.784. The van der Waals surface area contributed by atoms with Crippen LogP contribution in [0.1, 0.15) is 12.5 Å². The minimum absolute atomic E-state index is 0.784. The van der Waals surface area contributed by atoms with E-state index in [1.54, 1.807) is 11.3 Å². The van der Waals surface area contributed by atoms with Gasteiger partial charge >= 0.3 is 0 Å². The van der Waals surface area contributed by atoms with Crippen molar-refractivity contribution in [1.29, 1.82) is 0 Å². The van der Waals surface area contributed by atoms with Crippen molar-refractivity contribution >= 4 is 33.3 Å². The van der Waals surface area contributed by atoms with E-state index in [0.29, 0.717) is 0 Å². The second kappa shape index (κ2) is 8.23. The maximum Gasteiger partial charge on any atom is 0.135 e. The topological polar surface area (TPSA) is 95.2 Å². The van der Waals surface area contributed by atoms with E-state index < -0.39 is 0 Å². The summed E-state index contributed by atoms with van der Waals surface area (Å²) in [6.45, 7) is 3.80. The fourth-order valence-electron chi connectivity index (χ4n) is 4.05. The molecule has 6 aromatic rings. The van der Waals surface area contributed by atoms with Crippen molar-refractivity contribution in [3.8, 4) is 33.9 Å². The summed E-state index contributed by atoms with van der Waals surface area (Å²) in [5, 5.41) is 16.3. The van der Waals surface area contributed by atoms with Crippen molar-refractivity contribution in [1.82, 2.24) is 35.5 Å². The highest BCUT2D eigenvalue weighted by Crippen LogP contribution is 2.33. The van der Waals surface area contributed by atoms with E-state index in [1.165, 1.54) is 0 Å². The monoisotopic (exact) mass is 451 g/mol. The average Bonchev–Trinajstić information content (AvgIpc) is 3.61. The van der Waals surface area contributed by atoms with Gasteiger partial charge < -0.3 is 10.3 Å². The third-order valence-corrected chi connectivity index (χ3v) is 6.36. The lowest BCUT2D eigenvalue weighted by atomic mass is 10.1. The normalized spacial score (nSPS) is 11.5. The summed E-state index contributed by atoms with van der Waals surface area (Å²) in [6, 6.07) is 12.3. The Morgan fingerprint density at radius 3 is 2.85 bits per heavy atom. The number of aromatic amines is 2. The third kappa shape index (κ3) is 3.59. The molecule has 6 heterocycles. The molecular formula is C25H21N7S. The Bertz CT molecular complexity index is 1560. The van der Waals surface area contributed by atoms with Crippen molar-refractivity contribution in [2.45, 2.75) is 13.5 Å². The van der Waals surface area contributed by atoms with Crippen molar-refractivity contribution in [3.05, 3.63) is 71.3 Å². The molecule has 0 atom stereocenters. The number of nitrogens with zero attached hydrogens (tertiary/aromatic N) is 4. The number of rotatable bonds is 6. The average molecular weight is 452 g/mol. The molecule has 3 N–H and O–H groups in total. The number of hydrogen-bond donors (Lipinski definition) is 3. The summed E-state index contributed by atoms with van der Waals surface area (Å²) in [7, 11) is 0. The van der Waals surface area contributed by atoms with E-state index in [2.05, 4.69) is 66.3 Å². The molecule has 0 aliphatic rings. The van der Waals surface area contributed by atoms with Crippen molar-refractivity contribution in [2.24, 2.45) is 0 Å². The zero-order chi connectivity index (χ0) is 22.2. The van der Waals surface area contributed by atoms with Crippen LogP contribution in [-0.2, 0) is 6.54 Å². The summed E-state index contributed by atoms with van der Waals surface area (Å²) >= 11 is 1.67. The molecule has 0 radical (unpaired) electrons. The molecule has 0 aliphatic heterocycles. The predicted molar refractivity (Wildman–Crippen MR) is 133 cm³/mol. The van der Waals surface area contributed by atoms with Gasteiger partial charge in [-0.1, -0.05) is 6.92 Å². The summed E-state index contributed by atoms with van der Waals surface area (Å²) in [5.41, 5.74) is 9.50. The maximum atomic E-state index is 4.96. The predicted octanol–water partition coefficient (Wildman–Crippen LogP) is 5.40. The highest BCUT2D eigenvalue weighted by molar-refractivity contribution is 7.08. The molecule has 0 fully saturated rings. The third-order valence-electron chi connectivity index (χ3n) is 5.68. The Balaban J connectivity index is 1.44. The Morgan fingerprint density at radius 1 is 1.00 bits per heavy atom. The fraction of sp³-hybridized carbons (Fsp3) is 0.120. The Hall–Kier alpha value is -3.88. The fourth-order valence-corrected chi connectivity index (χ4v) is 4.69. The van der Waals surface area contributed by atoms with Gasteiger partial charge in [0.05, 0.1) is 22.6 Å². The number of H-pyrrole nitrogens is 2. The van der Waals surface area contributed by atoms with Crippen LogP contribution in [0, 0.1) is 0 Å². The summed E-state index contributed by atoms with van der Waals surface area (Å²) < 4.78 is 0. The largest absolute Gasteiger partial charge is 0.353 e. The second-order valence-corrected chi connectivity index (χ2v) is 8.62. The van der Waals surface area contributed by atoms with Gasteiger partial charge in [-0.2, -0.15) is 16.4 Å². The zero-order valence-corrected chi connectivity index (χ0v) is 18.8. The first-order chi connectivity index (χ1) is 16.3. The lowest BCUT2D eigenvalue weighted by molar-refractivity contribution is 0.724. The molecule has 7 nitrogen and oxygen atoms in total. The lowest BCUT2D eigenvalue weighted by Gasteiger charge is -2.05. The minimum Gasteiger partial charge on any atom is -0.353 e. The first-order valence-electron chi connectivity index (χ1n) is 10.8. The number of thiophene rings is 1. The standard InChI is InChI=1S/C25H21N7S/c1-2-26-11-15-9-17(13-27-12-15)19-3-4-21-24(30-19)25(32-31-21)22-10-18-20(29-22)5-7-28-23(18)16-6-8-33-14-16/h3-10,12-14,26,29H,2,11H2,1H3,(H,31,32). The molecule has 0 saturated heterocycles. The van der Waals surface area contributed by atoms with Gasteiger partial charge in [0.25, 0.3) is 0 Å². The van der Waals surface area contributed by atoms with Gasteiger partial charge in [0, 0.05) is 52.5 Å². The first kappa shape index (κ1) is 19.8. The highest BCUT2D eigenvalue weighted by atomic mass is 32.1. The van der Waals surface area contributed by atoms with Gasteiger partial charge in [-0.25, -0.2) is 4.98 Å². The first-order valence-corrected chi connectivity index (χ1v) is 11.8. The van der Waals surface area contributed by atoms with E-state index in [4.69, 9.17) is 4.98 Å². The molecule has 0 unspecified atom stereocenters. The summed E-state index contributed by atoms with van der Waals surface area (Å²) in [6.07, 6.45) is 5.57. The van der Waals surface area contributed by atoms with Crippen molar-refractivity contribution in [2.75, 3.05) is 6.54 Å². The van der Waals surface area contributed by atoms with Gasteiger partial charge in [-0.05, 0) is 53.9 Å². The molecule has 33 heavy (non-hydrogen) atoms. The van der Waals surface area contributed by atoms with Crippen LogP contribution in [0.4, 0.5) is 0 Å². The van der Waals surface area contributed by atoms with Crippen LogP contribution in [-0.4, -0.2) is 36.7 Å². The van der Waals surface area contributed by atoms with E-state index in [-0.39, 0.29) is 0 Å². The number of pyridine rings is 3. The molecule has 162 valence electrons.